The van der Waals surface area contributed by atoms with Crippen LogP contribution in [0.1, 0.15) is 25.7 Å². The zero-order valence-corrected chi connectivity index (χ0v) is 10.9. The van der Waals surface area contributed by atoms with E-state index in [1.807, 2.05) is 12.2 Å². The first-order chi connectivity index (χ1) is 8.74. The van der Waals surface area contributed by atoms with Crippen molar-refractivity contribution in [3.05, 3.63) is 12.2 Å². The molecule has 4 nitrogen and oxygen atoms in total. The summed E-state index contributed by atoms with van der Waals surface area (Å²) in [6, 6.07) is 0.685. The van der Waals surface area contributed by atoms with Crippen LogP contribution in [0.25, 0.3) is 0 Å². The standard InChI is InChI=1S/C14H23N3O/c15-12-5-4-11(9-12)14(18)17-8-2-7-16-6-1-3-13(16)10-17/h4-5,11-13H,1-3,6-10,15H2. The van der Waals surface area contributed by atoms with Crippen LogP contribution in [-0.2, 0) is 4.79 Å². The summed E-state index contributed by atoms with van der Waals surface area (Å²) in [7, 11) is 0. The summed E-state index contributed by atoms with van der Waals surface area (Å²) < 4.78 is 0. The molecule has 0 saturated carbocycles. The third-order valence-corrected chi connectivity index (χ3v) is 4.55. The van der Waals surface area contributed by atoms with Gasteiger partial charge in [-0.2, -0.15) is 0 Å². The van der Waals surface area contributed by atoms with Crippen LogP contribution in [0.4, 0.5) is 0 Å². The van der Waals surface area contributed by atoms with E-state index in [0.29, 0.717) is 11.9 Å². The molecule has 2 aliphatic heterocycles. The molecule has 4 heteroatoms. The van der Waals surface area contributed by atoms with Crippen molar-refractivity contribution in [3.8, 4) is 0 Å². The normalized spacial score (nSPS) is 36.7. The minimum absolute atomic E-state index is 0.0351. The van der Waals surface area contributed by atoms with E-state index in [2.05, 4.69) is 9.80 Å². The Bertz CT molecular complexity index is 355. The minimum Gasteiger partial charge on any atom is -0.341 e. The van der Waals surface area contributed by atoms with Gasteiger partial charge in [0.2, 0.25) is 5.91 Å². The quantitative estimate of drug-likeness (QED) is 0.692. The summed E-state index contributed by atoms with van der Waals surface area (Å²) in [5.74, 6) is 0.334. The fraction of sp³-hybridized carbons (Fsp3) is 0.786. The molecular formula is C14H23N3O. The van der Waals surface area contributed by atoms with Crippen molar-refractivity contribution in [1.29, 1.82) is 0 Å². The molecule has 3 atom stereocenters. The highest BCUT2D eigenvalue weighted by Crippen LogP contribution is 2.24. The molecule has 2 N–H and O–H groups in total. The number of amides is 1. The molecule has 18 heavy (non-hydrogen) atoms. The second kappa shape index (κ2) is 5.02. The minimum atomic E-state index is 0.0351. The zero-order chi connectivity index (χ0) is 12.5. The highest BCUT2D eigenvalue weighted by Gasteiger charge is 2.33. The number of carbonyl (C=O) groups excluding carboxylic acids is 1. The number of hydrogen-bond acceptors (Lipinski definition) is 3. The molecule has 100 valence electrons. The predicted molar refractivity (Wildman–Crippen MR) is 71.0 cm³/mol. The molecule has 1 amide bonds. The maximum atomic E-state index is 12.5. The summed E-state index contributed by atoms with van der Waals surface area (Å²) in [5, 5.41) is 0. The van der Waals surface area contributed by atoms with Gasteiger partial charge in [-0.1, -0.05) is 12.2 Å². The summed E-state index contributed by atoms with van der Waals surface area (Å²) in [6.07, 6.45) is 8.44. The molecule has 0 aromatic carbocycles. The molecule has 1 aliphatic carbocycles. The highest BCUT2D eigenvalue weighted by molar-refractivity contribution is 5.81. The van der Waals surface area contributed by atoms with Gasteiger partial charge < -0.3 is 10.6 Å². The highest BCUT2D eigenvalue weighted by atomic mass is 16.2. The van der Waals surface area contributed by atoms with Gasteiger partial charge in [0.15, 0.2) is 0 Å². The Morgan fingerprint density at radius 3 is 2.78 bits per heavy atom. The van der Waals surface area contributed by atoms with Gasteiger partial charge in [0, 0.05) is 31.7 Å². The van der Waals surface area contributed by atoms with E-state index < -0.39 is 0 Å². The van der Waals surface area contributed by atoms with Gasteiger partial charge in [-0.25, -0.2) is 0 Å². The summed E-state index contributed by atoms with van der Waals surface area (Å²) in [5.41, 5.74) is 5.84. The lowest BCUT2D eigenvalue weighted by Crippen LogP contribution is -2.42. The van der Waals surface area contributed by atoms with Crippen LogP contribution in [0.5, 0.6) is 0 Å². The van der Waals surface area contributed by atoms with Crippen molar-refractivity contribution < 1.29 is 4.79 Å². The summed E-state index contributed by atoms with van der Waals surface area (Å²) >= 11 is 0. The average Bonchev–Trinajstić information content (AvgIpc) is 2.93. The number of carbonyl (C=O) groups is 1. The lowest BCUT2D eigenvalue weighted by atomic mass is 10.1. The third kappa shape index (κ3) is 2.31. The Kier molecular flexibility index (Phi) is 3.39. The van der Waals surface area contributed by atoms with E-state index in [1.165, 1.54) is 19.4 Å². The van der Waals surface area contributed by atoms with Gasteiger partial charge in [-0.15, -0.1) is 0 Å². The lowest BCUT2D eigenvalue weighted by molar-refractivity contribution is -0.134. The Balaban J connectivity index is 1.64. The van der Waals surface area contributed by atoms with Crippen LogP contribution in [0, 0.1) is 5.92 Å². The molecule has 0 radical (unpaired) electrons. The van der Waals surface area contributed by atoms with Gasteiger partial charge in [0.25, 0.3) is 0 Å². The van der Waals surface area contributed by atoms with Crippen molar-refractivity contribution in [2.75, 3.05) is 26.2 Å². The van der Waals surface area contributed by atoms with Crippen molar-refractivity contribution in [3.63, 3.8) is 0 Å². The van der Waals surface area contributed by atoms with Crippen LogP contribution in [0.15, 0.2) is 12.2 Å². The topological polar surface area (TPSA) is 49.6 Å². The second-order valence-electron chi connectivity index (χ2n) is 5.86. The van der Waals surface area contributed by atoms with E-state index in [0.717, 1.165) is 32.5 Å². The molecule has 0 bridgehead atoms. The number of rotatable bonds is 1. The maximum Gasteiger partial charge on any atom is 0.229 e. The van der Waals surface area contributed by atoms with Crippen LogP contribution in [0.3, 0.4) is 0 Å². The van der Waals surface area contributed by atoms with Crippen molar-refractivity contribution in [2.24, 2.45) is 11.7 Å². The molecule has 0 aromatic heterocycles. The predicted octanol–water partition coefficient (Wildman–Crippen LogP) is 0.586. The van der Waals surface area contributed by atoms with Crippen LogP contribution < -0.4 is 5.73 Å². The third-order valence-electron chi connectivity index (χ3n) is 4.55. The lowest BCUT2D eigenvalue weighted by Gasteiger charge is -2.27. The molecule has 0 spiro atoms. The summed E-state index contributed by atoms with van der Waals surface area (Å²) in [4.78, 5) is 17.1. The smallest absolute Gasteiger partial charge is 0.229 e. The molecule has 2 saturated heterocycles. The first kappa shape index (κ1) is 12.2. The molecular weight excluding hydrogens is 226 g/mol. The first-order valence-electron chi connectivity index (χ1n) is 7.21. The van der Waals surface area contributed by atoms with E-state index in [-0.39, 0.29) is 12.0 Å². The van der Waals surface area contributed by atoms with Crippen LogP contribution in [0.2, 0.25) is 0 Å². The van der Waals surface area contributed by atoms with E-state index in [4.69, 9.17) is 5.73 Å². The fourth-order valence-electron chi connectivity index (χ4n) is 3.55. The van der Waals surface area contributed by atoms with Gasteiger partial charge >= 0.3 is 0 Å². The molecule has 2 heterocycles. The fourth-order valence-corrected chi connectivity index (χ4v) is 3.55. The van der Waals surface area contributed by atoms with Crippen molar-refractivity contribution >= 4 is 5.91 Å². The Labute approximate surface area is 109 Å². The number of nitrogens with zero attached hydrogens (tertiary/aromatic N) is 2. The van der Waals surface area contributed by atoms with Gasteiger partial charge in [0.05, 0.1) is 5.92 Å². The molecule has 2 fully saturated rings. The van der Waals surface area contributed by atoms with Gasteiger partial charge in [-0.05, 0) is 32.2 Å². The van der Waals surface area contributed by atoms with Crippen molar-refractivity contribution in [1.82, 2.24) is 9.80 Å². The number of hydrogen-bond donors (Lipinski definition) is 1. The Hall–Kier alpha value is -0.870. The van der Waals surface area contributed by atoms with E-state index in [1.54, 1.807) is 0 Å². The maximum absolute atomic E-state index is 12.5. The van der Waals surface area contributed by atoms with Gasteiger partial charge in [0.1, 0.15) is 0 Å². The molecule has 3 aliphatic rings. The second-order valence-corrected chi connectivity index (χ2v) is 5.86. The first-order valence-corrected chi connectivity index (χ1v) is 7.21. The summed E-state index contributed by atoms with van der Waals surface area (Å²) in [6.45, 7) is 4.24. The van der Waals surface area contributed by atoms with Crippen LogP contribution in [-0.4, -0.2) is 54.0 Å². The molecule has 0 aromatic rings. The van der Waals surface area contributed by atoms with Gasteiger partial charge in [-0.3, -0.25) is 9.69 Å². The number of nitrogens with two attached hydrogens (primary N) is 1. The Morgan fingerprint density at radius 2 is 2.00 bits per heavy atom. The molecule has 3 rings (SSSR count). The largest absolute Gasteiger partial charge is 0.341 e. The van der Waals surface area contributed by atoms with Crippen LogP contribution >= 0.6 is 0 Å². The van der Waals surface area contributed by atoms with E-state index >= 15 is 0 Å². The Morgan fingerprint density at radius 1 is 1.17 bits per heavy atom. The average molecular weight is 249 g/mol. The SMILES string of the molecule is NC1C=CC(C(=O)N2CCCN3CCCC3C2)C1. The number of fused-ring (bicyclic) bond motifs is 1. The van der Waals surface area contributed by atoms with Crippen molar-refractivity contribution in [2.45, 2.75) is 37.8 Å². The molecule has 3 unspecified atom stereocenters. The van der Waals surface area contributed by atoms with E-state index in [9.17, 15) is 4.79 Å². The monoisotopic (exact) mass is 249 g/mol. The zero-order valence-electron chi connectivity index (χ0n) is 10.9.